The summed E-state index contributed by atoms with van der Waals surface area (Å²) < 4.78 is 2.02. The van der Waals surface area contributed by atoms with Gasteiger partial charge in [-0.05, 0) is 49.7 Å². The highest BCUT2D eigenvalue weighted by Crippen LogP contribution is 2.42. The number of thiophene rings is 1. The highest BCUT2D eigenvalue weighted by Gasteiger charge is 2.29. The maximum Gasteiger partial charge on any atom is 0.0537 e. The van der Waals surface area contributed by atoms with Gasteiger partial charge in [-0.25, -0.2) is 0 Å². The van der Waals surface area contributed by atoms with E-state index in [4.69, 9.17) is 0 Å². The predicted octanol–water partition coefficient (Wildman–Crippen LogP) is 3.74. The number of aromatic nitrogens is 2. The topological polar surface area (TPSA) is 29.9 Å². The van der Waals surface area contributed by atoms with E-state index >= 15 is 0 Å². The summed E-state index contributed by atoms with van der Waals surface area (Å²) in [6.45, 7) is 6.26. The fraction of sp³-hybridized carbons (Fsp3) is 0.562. The summed E-state index contributed by atoms with van der Waals surface area (Å²) in [4.78, 5) is 1.59. The molecule has 20 heavy (non-hydrogen) atoms. The normalized spacial score (nSPS) is 19.8. The second kappa shape index (κ2) is 6.10. The van der Waals surface area contributed by atoms with Gasteiger partial charge in [-0.15, -0.1) is 11.3 Å². The summed E-state index contributed by atoms with van der Waals surface area (Å²) in [7, 11) is 0. The van der Waals surface area contributed by atoms with E-state index in [0.717, 1.165) is 13.1 Å². The van der Waals surface area contributed by atoms with Crippen LogP contribution in [0, 0.1) is 0 Å². The number of likely N-dealkylation sites (N-methyl/N-ethyl adjacent to an activating group) is 1. The van der Waals surface area contributed by atoms with Crippen LogP contribution in [-0.2, 0) is 13.0 Å². The quantitative estimate of drug-likeness (QED) is 0.909. The molecule has 0 saturated carbocycles. The maximum atomic E-state index is 4.46. The van der Waals surface area contributed by atoms with Crippen LogP contribution in [0.2, 0.25) is 0 Å². The molecule has 108 valence electrons. The second-order valence-electron chi connectivity index (χ2n) is 5.46. The lowest BCUT2D eigenvalue weighted by molar-refractivity contribution is 0.411. The van der Waals surface area contributed by atoms with Crippen LogP contribution in [-0.4, -0.2) is 16.3 Å². The van der Waals surface area contributed by atoms with E-state index in [9.17, 15) is 0 Å². The molecular weight excluding hydrogens is 266 g/mol. The molecule has 1 aliphatic carbocycles. The van der Waals surface area contributed by atoms with E-state index in [2.05, 4.69) is 41.9 Å². The van der Waals surface area contributed by atoms with Gasteiger partial charge in [0.2, 0.25) is 0 Å². The molecule has 0 spiro atoms. The van der Waals surface area contributed by atoms with Gasteiger partial charge in [0, 0.05) is 35.1 Å². The zero-order valence-electron chi connectivity index (χ0n) is 12.3. The molecule has 1 aliphatic rings. The van der Waals surface area contributed by atoms with Gasteiger partial charge in [-0.3, -0.25) is 4.68 Å². The Labute approximate surface area is 125 Å². The van der Waals surface area contributed by atoms with Crippen molar-refractivity contribution in [1.29, 1.82) is 0 Å². The summed E-state index contributed by atoms with van der Waals surface area (Å²) in [5.74, 6) is 0.597. The van der Waals surface area contributed by atoms with Crippen LogP contribution in [0.5, 0.6) is 0 Å². The van der Waals surface area contributed by atoms with Crippen LogP contribution in [0.15, 0.2) is 23.8 Å². The van der Waals surface area contributed by atoms with Crippen molar-refractivity contribution < 1.29 is 0 Å². The molecule has 2 atom stereocenters. The highest BCUT2D eigenvalue weighted by atomic mass is 32.1. The van der Waals surface area contributed by atoms with E-state index in [0.29, 0.717) is 12.0 Å². The first kappa shape index (κ1) is 13.8. The Balaban J connectivity index is 1.91. The van der Waals surface area contributed by atoms with Gasteiger partial charge in [-0.2, -0.15) is 5.10 Å². The Morgan fingerprint density at radius 2 is 2.40 bits per heavy atom. The van der Waals surface area contributed by atoms with Gasteiger partial charge in [0.25, 0.3) is 0 Å². The Hall–Kier alpha value is -1.13. The molecule has 3 nitrogen and oxygen atoms in total. The van der Waals surface area contributed by atoms with E-state index in [-0.39, 0.29) is 0 Å². The van der Waals surface area contributed by atoms with Crippen LogP contribution in [0.4, 0.5) is 0 Å². The standard InChI is InChI=1S/C16H23N3S/c1-3-17-16(12-10-18-19(4-2)11-12)14-6-5-7-15-13(14)8-9-20-15/h8-11,14,16-17H,3-7H2,1-2H3. The molecule has 2 heterocycles. The Bertz CT molecular complexity index is 558. The molecule has 4 heteroatoms. The minimum absolute atomic E-state index is 0.397. The third-order valence-corrected chi connectivity index (χ3v) is 5.26. The van der Waals surface area contributed by atoms with Crippen LogP contribution in [0.1, 0.15) is 54.7 Å². The molecule has 0 saturated heterocycles. The molecule has 0 aromatic carbocycles. The number of fused-ring (bicyclic) bond motifs is 1. The van der Waals surface area contributed by atoms with Crippen LogP contribution in [0.25, 0.3) is 0 Å². The Morgan fingerprint density at radius 3 is 3.15 bits per heavy atom. The van der Waals surface area contributed by atoms with Gasteiger partial charge >= 0.3 is 0 Å². The minimum Gasteiger partial charge on any atom is -0.310 e. The van der Waals surface area contributed by atoms with Gasteiger partial charge in [0.15, 0.2) is 0 Å². The number of nitrogens with zero attached hydrogens (tertiary/aromatic N) is 2. The third-order valence-electron chi connectivity index (χ3n) is 4.26. The first-order valence-electron chi connectivity index (χ1n) is 7.65. The van der Waals surface area contributed by atoms with Crippen molar-refractivity contribution in [3.63, 3.8) is 0 Å². The summed E-state index contributed by atoms with van der Waals surface area (Å²) in [5, 5.41) is 10.4. The molecule has 0 aliphatic heterocycles. The van der Waals surface area contributed by atoms with Crippen LogP contribution >= 0.6 is 11.3 Å². The fourth-order valence-electron chi connectivity index (χ4n) is 3.29. The molecular formula is C16H23N3S. The largest absolute Gasteiger partial charge is 0.310 e. The lowest BCUT2D eigenvalue weighted by Gasteiger charge is -2.30. The van der Waals surface area contributed by atoms with Gasteiger partial charge in [0.05, 0.1) is 6.20 Å². The Morgan fingerprint density at radius 1 is 1.50 bits per heavy atom. The third kappa shape index (κ3) is 2.54. The SMILES string of the molecule is CCNC(c1cnn(CC)c1)C1CCCc2sccc21. The monoisotopic (exact) mass is 289 g/mol. The van der Waals surface area contributed by atoms with E-state index in [1.54, 1.807) is 10.4 Å². The minimum atomic E-state index is 0.397. The van der Waals surface area contributed by atoms with Gasteiger partial charge < -0.3 is 5.32 Å². The van der Waals surface area contributed by atoms with Crippen molar-refractivity contribution in [2.24, 2.45) is 0 Å². The highest BCUT2D eigenvalue weighted by molar-refractivity contribution is 7.10. The van der Waals surface area contributed by atoms with Crippen molar-refractivity contribution in [3.8, 4) is 0 Å². The first-order chi connectivity index (χ1) is 9.83. The zero-order valence-corrected chi connectivity index (χ0v) is 13.1. The number of nitrogens with one attached hydrogen (secondary N) is 1. The van der Waals surface area contributed by atoms with Crippen molar-refractivity contribution in [2.75, 3.05) is 6.54 Å². The molecule has 0 bridgehead atoms. The molecule has 2 aromatic heterocycles. The van der Waals surface area contributed by atoms with Gasteiger partial charge in [-0.1, -0.05) is 6.92 Å². The second-order valence-corrected chi connectivity index (χ2v) is 6.46. The smallest absolute Gasteiger partial charge is 0.0537 e. The van der Waals surface area contributed by atoms with Crippen molar-refractivity contribution in [3.05, 3.63) is 39.8 Å². The average Bonchev–Trinajstić information content (AvgIpc) is 3.12. The molecule has 2 unspecified atom stereocenters. The zero-order chi connectivity index (χ0) is 13.9. The van der Waals surface area contributed by atoms with E-state index in [1.807, 2.05) is 22.2 Å². The first-order valence-corrected chi connectivity index (χ1v) is 8.53. The maximum absolute atomic E-state index is 4.46. The number of rotatable bonds is 5. The van der Waals surface area contributed by atoms with Crippen LogP contribution in [0.3, 0.4) is 0 Å². The summed E-state index contributed by atoms with van der Waals surface area (Å²) in [6.07, 6.45) is 8.09. The predicted molar refractivity (Wildman–Crippen MR) is 84.3 cm³/mol. The van der Waals surface area contributed by atoms with Crippen molar-refractivity contribution in [2.45, 2.75) is 51.6 Å². The average molecular weight is 289 g/mol. The fourth-order valence-corrected chi connectivity index (χ4v) is 4.29. The van der Waals surface area contributed by atoms with E-state index < -0.39 is 0 Å². The van der Waals surface area contributed by atoms with Gasteiger partial charge in [0.1, 0.15) is 0 Å². The molecule has 2 aromatic rings. The molecule has 0 radical (unpaired) electrons. The number of hydrogen-bond donors (Lipinski definition) is 1. The lowest BCUT2D eigenvalue weighted by atomic mass is 9.80. The number of hydrogen-bond acceptors (Lipinski definition) is 3. The Kier molecular flexibility index (Phi) is 4.22. The summed E-state index contributed by atoms with van der Waals surface area (Å²) in [6, 6.07) is 2.73. The molecule has 1 N–H and O–H groups in total. The summed E-state index contributed by atoms with van der Waals surface area (Å²) in [5.41, 5.74) is 2.90. The van der Waals surface area contributed by atoms with Crippen molar-refractivity contribution in [1.82, 2.24) is 15.1 Å². The molecule has 0 amide bonds. The molecule has 3 rings (SSSR count). The molecule has 0 fully saturated rings. The van der Waals surface area contributed by atoms with Crippen LogP contribution < -0.4 is 5.32 Å². The summed E-state index contributed by atoms with van der Waals surface area (Å²) >= 11 is 1.92. The lowest BCUT2D eigenvalue weighted by Crippen LogP contribution is -2.28. The van der Waals surface area contributed by atoms with Crippen molar-refractivity contribution >= 4 is 11.3 Å². The van der Waals surface area contributed by atoms with E-state index in [1.165, 1.54) is 24.8 Å². The number of aryl methyl sites for hydroxylation is 2.